The SMILES string of the molecule is CCOC(=O)C1=C(C)N=c2sc(=Cc3cc(OC)ccc3OC)c(=O)n2[C@H]1c1ccc(N(C)C)cc1. The maximum absolute atomic E-state index is 13.8. The molecule has 0 saturated carbocycles. The van der Waals surface area contributed by atoms with Crippen LogP contribution in [0.4, 0.5) is 5.69 Å². The van der Waals surface area contributed by atoms with Crippen LogP contribution in [0.2, 0.25) is 0 Å². The van der Waals surface area contributed by atoms with Gasteiger partial charge in [0.25, 0.3) is 5.56 Å². The van der Waals surface area contributed by atoms with E-state index in [0.29, 0.717) is 37.7 Å². The summed E-state index contributed by atoms with van der Waals surface area (Å²) in [4.78, 5) is 34.0. The molecule has 36 heavy (non-hydrogen) atoms. The van der Waals surface area contributed by atoms with E-state index in [9.17, 15) is 9.59 Å². The van der Waals surface area contributed by atoms with Crippen LogP contribution >= 0.6 is 11.3 Å². The van der Waals surface area contributed by atoms with Gasteiger partial charge >= 0.3 is 5.97 Å². The fourth-order valence-electron chi connectivity index (χ4n) is 4.16. The van der Waals surface area contributed by atoms with Crippen molar-refractivity contribution < 1.29 is 19.0 Å². The summed E-state index contributed by atoms with van der Waals surface area (Å²) in [7, 11) is 7.08. The smallest absolute Gasteiger partial charge is 0.338 e. The summed E-state index contributed by atoms with van der Waals surface area (Å²) >= 11 is 1.26. The van der Waals surface area contributed by atoms with Crippen molar-refractivity contribution in [2.75, 3.05) is 39.8 Å². The molecule has 2 aromatic carbocycles. The van der Waals surface area contributed by atoms with E-state index in [1.54, 1.807) is 50.8 Å². The molecule has 0 aliphatic carbocycles. The summed E-state index contributed by atoms with van der Waals surface area (Å²) in [6, 6.07) is 12.5. The van der Waals surface area contributed by atoms with Gasteiger partial charge in [0.15, 0.2) is 4.80 Å². The monoisotopic (exact) mass is 507 g/mol. The Kier molecular flexibility index (Phi) is 7.30. The summed E-state index contributed by atoms with van der Waals surface area (Å²) in [6.45, 7) is 3.75. The Morgan fingerprint density at radius 2 is 1.86 bits per heavy atom. The lowest BCUT2D eigenvalue weighted by Crippen LogP contribution is -2.40. The molecule has 3 aromatic rings. The topological polar surface area (TPSA) is 82.4 Å². The number of benzene rings is 2. The van der Waals surface area contributed by atoms with Crippen molar-refractivity contribution in [2.45, 2.75) is 19.9 Å². The van der Waals surface area contributed by atoms with Crippen LogP contribution in [0.3, 0.4) is 0 Å². The lowest BCUT2D eigenvalue weighted by molar-refractivity contribution is -0.139. The number of hydrogen-bond donors (Lipinski definition) is 0. The maximum Gasteiger partial charge on any atom is 0.338 e. The van der Waals surface area contributed by atoms with Gasteiger partial charge in [-0.1, -0.05) is 23.5 Å². The molecule has 0 spiro atoms. The van der Waals surface area contributed by atoms with E-state index in [0.717, 1.165) is 11.3 Å². The minimum atomic E-state index is -0.661. The van der Waals surface area contributed by atoms with Crippen molar-refractivity contribution >= 4 is 29.1 Å². The number of nitrogens with zero attached hydrogens (tertiary/aromatic N) is 3. The number of hydrogen-bond acceptors (Lipinski definition) is 8. The molecule has 1 aliphatic rings. The van der Waals surface area contributed by atoms with E-state index in [1.165, 1.54) is 11.3 Å². The number of aromatic nitrogens is 1. The highest BCUT2D eigenvalue weighted by Crippen LogP contribution is 2.32. The van der Waals surface area contributed by atoms with Crippen LogP contribution in [0.25, 0.3) is 6.08 Å². The predicted molar refractivity (Wildman–Crippen MR) is 141 cm³/mol. The Morgan fingerprint density at radius 3 is 2.47 bits per heavy atom. The zero-order valence-corrected chi connectivity index (χ0v) is 22.0. The van der Waals surface area contributed by atoms with Crippen LogP contribution in [0.15, 0.2) is 63.5 Å². The molecule has 2 heterocycles. The third kappa shape index (κ3) is 4.66. The largest absolute Gasteiger partial charge is 0.497 e. The minimum absolute atomic E-state index is 0.224. The van der Waals surface area contributed by atoms with Crippen LogP contribution in [-0.2, 0) is 9.53 Å². The molecular weight excluding hydrogens is 478 g/mol. The van der Waals surface area contributed by atoms with Gasteiger partial charge < -0.3 is 19.1 Å². The fourth-order valence-corrected chi connectivity index (χ4v) is 5.19. The summed E-state index contributed by atoms with van der Waals surface area (Å²) < 4.78 is 18.2. The molecule has 0 saturated heterocycles. The number of carbonyl (C=O) groups excluding carboxylic acids is 1. The maximum atomic E-state index is 13.8. The van der Waals surface area contributed by atoms with Crippen LogP contribution in [0, 0.1) is 0 Å². The van der Waals surface area contributed by atoms with E-state index in [2.05, 4.69) is 4.99 Å². The standard InChI is InChI=1S/C27H29N3O5S/c1-7-35-26(32)23-16(2)28-27-30(24(23)17-8-10-19(11-9-17)29(3)4)25(31)22(36-27)15-18-14-20(33-5)12-13-21(18)34-6/h8-15,24H,7H2,1-6H3/t24-/m0/s1. The molecule has 0 unspecified atom stereocenters. The first-order valence-corrected chi connectivity index (χ1v) is 12.3. The van der Waals surface area contributed by atoms with E-state index >= 15 is 0 Å². The van der Waals surface area contributed by atoms with E-state index in [4.69, 9.17) is 14.2 Å². The Morgan fingerprint density at radius 1 is 1.14 bits per heavy atom. The quantitative estimate of drug-likeness (QED) is 0.458. The van der Waals surface area contributed by atoms with Gasteiger partial charge in [0.1, 0.15) is 11.5 Å². The van der Waals surface area contributed by atoms with E-state index in [-0.39, 0.29) is 12.2 Å². The highest BCUT2D eigenvalue weighted by atomic mass is 32.1. The van der Waals surface area contributed by atoms with Crippen LogP contribution in [-0.4, -0.2) is 45.5 Å². The molecule has 4 rings (SSSR count). The number of ether oxygens (including phenoxy) is 3. The lowest BCUT2D eigenvalue weighted by Gasteiger charge is -2.25. The molecular formula is C27H29N3O5S. The van der Waals surface area contributed by atoms with Crippen LogP contribution in [0.1, 0.15) is 31.0 Å². The Labute approximate surface area is 213 Å². The third-order valence-electron chi connectivity index (χ3n) is 5.97. The zero-order valence-electron chi connectivity index (χ0n) is 21.2. The number of allylic oxidation sites excluding steroid dienone is 1. The fraction of sp³-hybridized carbons (Fsp3) is 0.296. The average Bonchev–Trinajstić information content (AvgIpc) is 3.17. The first kappa shape index (κ1) is 25.2. The molecule has 1 aliphatic heterocycles. The van der Waals surface area contributed by atoms with E-state index in [1.807, 2.05) is 49.3 Å². The van der Waals surface area contributed by atoms with Crippen LogP contribution in [0.5, 0.6) is 11.5 Å². The minimum Gasteiger partial charge on any atom is -0.497 e. The predicted octanol–water partition coefficient (Wildman–Crippen LogP) is 2.88. The molecule has 0 amide bonds. The molecule has 1 aromatic heterocycles. The number of carbonyl (C=O) groups is 1. The molecule has 0 N–H and O–H groups in total. The number of rotatable bonds is 7. The van der Waals surface area contributed by atoms with Gasteiger partial charge in [0.05, 0.1) is 42.7 Å². The number of methoxy groups -OCH3 is 2. The van der Waals surface area contributed by atoms with Gasteiger partial charge in [-0.3, -0.25) is 9.36 Å². The molecule has 1 atom stereocenters. The summed E-state index contributed by atoms with van der Waals surface area (Å²) in [5.74, 6) is 0.777. The Bertz CT molecular complexity index is 1500. The molecule has 9 heteroatoms. The van der Waals surface area contributed by atoms with Gasteiger partial charge in [-0.15, -0.1) is 0 Å². The van der Waals surface area contributed by atoms with E-state index < -0.39 is 12.0 Å². The highest BCUT2D eigenvalue weighted by molar-refractivity contribution is 7.07. The normalized spacial score (nSPS) is 15.3. The van der Waals surface area contributed by atoms with Gasteiger partial charge in [-0.25, -0.2) is 9.79 Å². The number of thiazole rings is 1. The van der Waals surface area contributed by atoms with Crippen molar-refractivity contribution in [3.63, 3.8) is 0 Å². The van der Waals surface area contributed by atoms with Crippen LogP contribution < -0.4 is 29.3 Å². The van der Waals surface area contributed by atoms with Gasteiger partial charge in [0.2, 0.25) is 0 Å². The molecule has 0 fully saturated rings. The summed E-state index contributed by atoms with van der Waals surface area (Å²) in [5, 5.41) is 0. The first-order chi connectivity index (χ1) is 17.3. The Hall–Kier alpha value is -3.85. The lowest BCUT2D eigenvalue weighted by atomic mass is 9.95. The van der Waals surface area contributed by atoms with Gasteiger partial charge in [0, 0.05) is 25.3 Å². The van der Waals surface area contributed by atoms with Crippen molar-refractivity contribution in [3.8, 4) is 11.5 Å². The molecule has 0 bridgehead atoms. The molecule has 188 valence electrons. The zero-order chi connectivity index (χ0) is 26.0. The van der Waals surface area contributed by atoms with Gasteiger partial charge in [-0.05, 0) is 55.8 Å². The Balaban J connectivity index is 1.95. The number of anilines is 1. The highest BCUT2D eigenvalue weighted by Gasteiger charge is 2.33. The average molecular weight is 508 g/mol. The third-order valence-corrected chi connectivity index (χ3v) is 6.95. The van der Waals surface area contributed by atoms with Crippen molar-refractivity contribution in [2.24, 2.45) is 4.99 Å². The second-order valence-electron chi connectivity index (χ2n) is 8.40. The van der Waals surface area contributed by atoms with Gasteiger partial charge in [-0.2, -0.15) is 0 Å². The number of fused-ring (bicyclic) bond motifs is 1. The first-order valence-electron chi connectivity index (χ1n) is 11.5. The number of esters is 1. The summed E-state index contributed by atoms with van der Waals surface area (Å²) in [5.41, 5.74) is 3.14. The van der Waals surface area contributed by atoms with Crippen molar-refractivity contribution in [1.29, 1.82) is 0 Å². The summed E-state index contributed by atoms with van der Waals surface area (Å²) in [6.07, 6.45) is 1.76. The molecule has 8 nitrogen and oxygen atoms in total. The molecule has 0 radical (unpaired) electrons. The second kappa shape index (κ2) is 10.4. The van der Waals surface area contributed by atoms with Crippen molar-refractivity contribution in [1.82, 2.24) is 4.57 Å². The second-order valence-corrected chi connectivity index (χ2v) is 9.41. The van der Waals surface area contributed by atoms with Crippen molar-refractivity contribution in [3.05, 3.63) is 84.5 Å².